The number of carbonyl (C=O) groups is 3. The van der Waals surface area contributed by atoms with E-state index in [9.17, 15) is 18.9 Å². The second-order valence-electron chi connectivity index (χ2n) is 5.56. The number of thioether (sulfide) groups is 1. The van der Waals surface area contributed by atoms with Crippen molar-refractivity contribution < 1.29 is 37.5 Å². The van der Waals surface area contributed by atoms with Crippen molar-refractivity contribution in [3.8, 4) is 0 Å². The average molecular weight is 471 g/mol. The molecule has 1 aromatic carbocycles. The number of hydrogen-bond acceptors (Lipinski definition) is 9. The number of benzene rings is 1. The molecular formula is C20H26NO8PS. The minimum Gasteiger partial charge on any atom is -0.465 e. The number of carbonyl (C=O) groups excluding carboxylic acids is 3. The molecule has 0 radical (unpaired) electrons. The highest BCUT2D eigenvalue weighted by molar-refractivity contribution is 8.14. The Morgan fingerprint density at radius 2 is 1.48 bits per heavy atom. The van der Waals surface area contributed by atoms with Gasteiger partial charge in [-0.25, -0.2) is 14.6 Å². The fourth-order valence-corrected chi connectivity index (χ4v) is 5.00. The fraction of sp³-hybridized carbons (Fsp3) is 0.400. The maximum Gasteiger partial charge on any atom is 0.369 e. The number of methoxy groups -OCH3 is 2. The van der Waals surface area contributed by atoms with Crippen LogP contribution in [0.4, 0.5) is 0 Å². The lowest BCUT2D eigenvalue weighted by atomic mass is 10.2. The normalized spacial score (nSPS) is 12.7. The van der Waals surface area contributed by atoms with E-state index in [0.717, 1.165) is 26.0 Å². The molecule has 0 saturated carbocycles. The van der Waals surface area contributed by atoms with E-state index < -0.39 is 36.3 Å². The van der Waals surface area contributed by atoms with Gasteiger partial charge in [0.1, 0.15) is 10.6 Å². The van der Waals surface area contributed by atoms with Crippen molar-refractivity contribution in [2.24, 2.45) is 4.99 Å². The average Bonchev–Trinajstić information content (AvgIpc) is 2.76. The van der Waals surface area contributed by atoms with E-state index in [0.29, 0.717) is 5.75 Å². The topological polar surface area (TPSA) is 118 Å². The summed E-state index contributed by atoms with van der Waals surface area (Å²) < 4.78 is 33.6. The minimum atomic E-state index is -4.32. The predicted octanol–water partition coefficient (Wildman–Crippen LogP) is 3.84. The van der Waals surface area contributed by atoms with Crippen molar-refractivity contribution >= 4 is 42.2 Å². The number of ether oxygens (including phenoxy) is 2. The quantitative estimate of drug-likeness (QED) is 0.165. The number of amides is 1. The van der Waals surface area contributed by atoms with E-state index in [1.54, 1.807) is 51.1 Å². The van der Waals surface area contributed by atoms with Crippen LogP contribution >= 0.6 is 19.4 Å². The molecule has 1 amide bonds. The Balaban J connectivity index is 3.90. The SMILES string of the molecule is CCOP(=O)(OCC)/C(C(=O)OC)=C(\C(=O)OC)C(=NC(=O)c1ccccc1)SCC. The minimum absolute atomic E-state index is 0.0808. The first-order valence-electron chi connectivity index (χ1n) is 9.41. The van der Waals surface area contributed by atoms with Crippen molar-refractivity contribution in [2.45, 2.75) is 20.8 Å². The molecular weight excluding hydrogens is 445 g/mol. The molecule has 0 N–H and O–H groups in total. The highest BCUT2D eigenvalue weighted by Gasteiger charge is 2.43. The van der Waals surface area contributed by atoms with Gasteiger partial charge in [-0.1, -0.05) is 25.1 Å². The maximum atomic E-state index is 13.5. The van der Waals surface area contributed by atoms with Crippen LogP contribution in [0.25, 0.3) is 0 Å². The van der Waals surface area contributed by atoms with Gasteiger partial charge >= 0.3 is 19.5 Å². The summed E-state index contributed by atoms with van der Waals surface area (Å²) in [6, 6.07) is 8.15. The van der Waals surface area contributed by atoms with Gasteiger partial charge in [0.2, 0.25) is 0 Å². The van der Waals surface area contributed by atoms with Gasteiger partial charge in [-0.15, -0.1) is 11.8 Å². The lowest BCUT2D eigenvalue weighted by Crippen LogP contribution is -2.22. The van der Waals surface area contributed by atoms with Crippen molar-refractivity contribution in [2.75, 3.05) is 33.2 Å². The molecule has 0 saturated heterocycles. The van der Waals surface area contributed by atoms with Gasteiger partial charge in [0.25, 0.3) is 5.91 Å². The summed E-state index contributed by atoms with van der Waals surface area (Å²) >= 11 is 0.990. The number of nitrogens with zero attached hydrogens (tertiary/aromatic N) is 1. The van der Waals surface area contributed by atoms with Crippen LogP contribution in [0, 0.1) is 0 Å². The third-order valence-corrected chi connectivity index (χ3v) is 6.60. The highest BCUT2D eigenvalue weighted by Crippen LogP contribution is 2.58. The Labute approximate surface area is 185 Å². The first kappa shape index (κ1) is 26.8. The molecule has 0 bridgehead atoms. The van der Waals surface area contributed by atoms with Gasteiger partial charge in [0.05, 0.1) is 27.4 Å². The van der Waals surface area contributed by atoms with Crippen LogP contribution in [0.1, 0.15) is 31.1 Å². The first-order chi connectivity index (χ1) is 14.8. The van der Waals surface area contributed by atoms with Crippen LogP contribution < -0.4 is 0 Å². The van der Waals surface area contributed by atoms with Crippen LogP contribution in [0.5, 0.6) is 0 Å². The van der Waals surface area contributed by atoms with Gasteiger partial charge in [0.15, 0.2) is 5.31 Å². The molecule has 1 aromatic rings. The Hall–Kier alpha value is -2.26. The van der Waals surface area contributed by atoms with Crippen LogP contribution in [0.3, 0.4) is 0 Å². The summed E-state index contributed by atoms with van der Waals surface area (Å²) in [4.78, 5) is 42.1. The standard InChI is InChI=1S/C20H26NO8PS/c1-6-28-30(25,29-7-2)16(20(24)27-5)15(19(23)26-4)18(31-8-3)21-17(22)14-12-10-9-11-13-14/h9-13H,6-8H2,1-5H3/b16-15-,21-18?. The summed E-state index contributed by atoms with van der Waals surface area (Å²) in [5, 5.41) is -0.839. The summed E-state index contributed by atoms with van der Waals surface area (Å²) in [5.74, 6) is -2.45. The summed E-state index contributed by atoms with van der Waals surface area (Å²) in [5.41, 5.74) is -0.242. The zero-order chi connectivity index (χ0) is 23.4. The monoisotopic (exact) mass is 471 g/mol. The summed E-state index contributed by atoms with van der Waals surface area (Å²) in [6.07, 6.45) is 0. The second-order valence-corrected chi connectivity index (χ2v) is 8.77. The van der Waals surface area contributed by atoms with E-state index >= 15 is 0 Å². The molecule has 9 nitrogen and oxygen atoms in total. The fourth-order valence-electron chi connectivity index (χ4n) is 2.38. The highest BCUT2D eigenvalue weighted by atomic mass is 32.2. The lowest BCUT2D eigenvalue weighted by Gasteiger charge is -2.21. The third-order valence-electron chi connectivity index (χ3n) is 3.60. The number of hydrogen-bond donors (Lipinski definition) is 0. The molecule has 0 aromatic heterocycles. The predicted molar refractivity (Wildman–Crippen MR) is 118 cm³/mol. The van der Waals surface area contributed by atoms with Gasteiger partial charge in [-0.3, -0.25) is 9.36 Å². The summed E-state index contributed by atoms with van der Waals surface area (Å²) in [7, 11) is -2.19. The molecule has 0 aliphatic rings. The number of aliphatic imine (C=N–C) groups is 1. The van der Waals surface area contributed by atoms with E-state index in [2.05, 4.69) is 4.99 Å². The zero-order valence-corrected chi connectivity index (χ0v) is 19.8. The number of rotatable bonds is 10. The second kappa shape index (κ2) is 13.2. The molecule has 170 valence electrons. The van der Waals surface area contributed by atoms with Gasteiger partial charge < -0.3 is 18.5 Å². The van der Waals surface area contributed by atoms with Crippen molar-refractivity contribution in [1.82, 2.24) is 0 Å². The van der Waals surface area contributed by atoms with Crippen LogP contribution in [0.2, 0.25) is 0 Å². The van der Waals surface area contributed by atoms with Gasteiger partial charge in [-0.05, 0) is 31.7 Å². The largest absolute Gasteiger partial charge is 0.465 e. The third kappa shape index (κ3) is 7.14. The van der Waals surface area contributed by atoms with E-state index in [1.165, 1.54) is 0 Å². The maximum absolute atomic E-state index is 13.5. The number of esters is 2. The van der Waals surface area contributed by atoms with Gasteiger partial charge in [0, 0.05) is 5.56 Å². The van der Waals surface area contributed by atoms with Gasteiger partial charge in [-0.2, -0.15) is 0 Å². The molecule has 1 rings (SSSR count). The van der Waals surface area contributed by atoms with E-state index in [4.69, 9.17) is 18.5 Å². The molecule has 11 heteroatoms. The molecule has 0 spiro atoms. The van der Waals surface area contributed by atoms with Crippen molar-refractivity contribution in [3.63, 3.8) is 0 Å². The zero-order valence-electron chi connectivity index (χ0n) is 18.1. The molecule has 0 unspecified atom stereocenters. The molecule has 0 fully saturated rings. The molecule has 0 heterocycles. The molecule has 0 atom stereocenters. The molecule has 0 aliphatic carbocycles. The molecule has 0 aliphatic heterocycles. The van der Waals surface area contributed by atoms with Crippen molar-refractivity contribution in [1.29, 1.82) is 0 Å². The van der Waals surface area contributed by atoms with Crippen LogP contribution in [0.15, 0.2) is 46.2 Å². The Bertz CT molecular complexity index is 888. The van der Waals surface area contributed by atoms with Crippen molar-refractivity contribution in [3.05, 3.63) is 46.8 Å². The molecule has 31 heavy (non-hydrogen) atoms. The smallest absolute Gasteiger partial charge is 0.369 e. The lowest BCUT2D eigenvalue weighted by molar-refractivity contribution is -0.138. The first-order valence-corrected chi connectivity index (χ1v) is 11.9. The Morgan fingerprint density at radius 1 is 0.935 bits per heavy atom. The Morgan fingerprint density at radius 3 is 1.94 bits per heavy atom. The Kier molecular flexibility index (Phi) is 11.4. The van der Waals surface area contributed by atoms with Crippen LogP contribution in [-0.4, -0.2) is 56.1 Å². The van der Waals surface area contributed by atoms with E-state index in [1.807, 2.05) is 0 Å². The summed E-state index contributed by atoms with van der Waals surface area (Å²) in [6.45, 7) is 4.69. The van der Waals surface area contributed by atoms with Crippen LogP contribution in [-0.2, 0) is 32.7 Å². The van der Waals surface area contributed by atoms with E-state index in [-0.39, 0.29) is 23.8 Å².